The Morgan fingerprint density at radius 2 is 1.54 bits per heavy atom. The molecule has 1 heterocycles. The number of rotatable bonds is 8. The van der Waals surface area contributed by atoms with Crippen LogP contribution in [-0.4, -0.2) is 24.5 Å². The van der Waals surface area contributed by atoms with E-state index in [1.165, 1.54) is 6.08 Å². The summed E-state index contributed by atoms with van der Waals surface area (Å²) in [6.45, 7) is 2.87. The third-order valence-electron chi connectivity index (χ3n) is 5.21. The highest BCUT2D eigenvalue weighted by Gasteiger charge is 2.36. The number of halogens is 1. The Kier molecular flexibility index (Phi) is 7.48. The molecule has 1 N–H and O–H groups in total. The van der Waals surface area contributed by atoms with E-state index in [1.807, 2.05) is 25.1 Å². The lowest BCUT2D eigenvalue weighted by Gasteiger charge is -2.26. The van der Waals surface area contributed by atoms with E-state index in [9.17, 15) is 14.4 Å². The predicted molar refractivity (Wildman–Crippen MR) is 133 cm³/mol. The van der Waals surface area contributed by atoms with Gasteiger partial charge in [-0.05, 0) is 60.5 Å². The Labute approximate surface area is 207 Å². The minimum absolute atomic E-state index is 0.152. The summed E-state index contributed by atoms with van der Waals surface area (Å²) in [7, 11) is 0. The van der Waals surface area contributed by atoms with E-state index in [2.05, 4.69) is 5.32 Å². The molecule has 7 nitrogen and oxygen atoms in total. The maximum atomic E-state index is 13.1. The smallest absolute Gasteiger partial charge is 0.335 e. The van der Waals surface area contributed by atoms with Crippen molar-refractivity contribution < 1.29 is 23.9 Å². The van der Waals surface area contributed by atoms with Crippen molar-refractivity contribution in [3.63, 3.8) is 0 Å². The number of hydrogen-bond acceptors (Lipinski definition) is 5. The first-order valence-corrected chi connectivity index (χ1v) is 11.4. The van der Waals surface area contributed by atoms with Gasteiger partial charge in [-0.15, -0.1) is 0 Å². The van der Waals surface area contributed by atoms with Crippen molar-refractivity contribution in [2.24, 2.45) is 0 Å². The van der Waals surface area contributed by atoms with Crippen LogP contribution in [-0.2, 0) is 16.2 Å². The van der Waals surface area contributed by atoms with Crippen molar-refractivity contribution in [2.45, 2.75) is 20.0 Å². The topological polar surface area (TPSA) is 84.9 Å². The maximum absolute atomic E-state index is 13.1. The lowest BCUT2D eigenvalue weighted by molar-refractivity contribution is -0.122. The summed E-state index contributed by atoms with van der Waals surface area (Å²) in [4.78, 5) is 38.8. The fourth-order valence-corrected chi connectivity index (χ4v) is 3.60. The van der Waals surface area contributed by atoms with Gasteiger partial charge >= 0.3 is 6.03 Å². The molecule has 1 saturated heterocycles. The second kappa shape index (κ2) is 10.9. The van der Waals surface area contributed by atoms with Crippen LogP contribution in [0.25, 0.3) is 6.08 Å². The number of ether oxygens (including phenoxy) is 2. The number of nitrogens with one attached hydrogen (secondary N) is 1. The van der Waals surface area contributed by atoms with E-state index in [-0.39, 0.29) is 5.57 Å². The summed E-state index contributed by atoms with van der Waals surface area (Å²) < 4.78 is 11.3. The van der Waals surface area contributed by atoms with Crippen LogP contribution in [0, 0.1) is 0 Å². The van der Waals surface area contributed by atoms with Crippen LogP contribution in [0.3, 0.4) is 0 Å². The summed E-state index contributed by atoms with van der Waals surface area (Å²) in [5, 5.41) is 2.85. The second-order valence-electron chi connectivity index (χ2n) is 7.75. The zero-order chi connectivity index (χ0) is 24.8. The van der Waals surface area contributed by atoms with Gasteiger partial charge in [0.05, 0.1) is 12.3 Å². The van der Waals surface area contributed by atoms with Crippen molar-refractivity contribution in [1.29, 1.82) is 0 Å². The van der Waals surface area contributed by atoms with Gasteiger partial charge in [0.25, 0.3) is 11.8 Å². The number of nitrogens with zero attached hydrogens (tertiary/aromatic N) is 1. The molecule has 0 radical (unpaired) electrons. The Balaban J connectivity index is 1.49. The summed E-state index contributed by atoms with van der Waals surface area (Å²) in [6.07, 6.45) is 2.30. The maximum Gasteiger partial charge on any atom is 0.335 e. The molecule has 0 aromatic heterocycles. The Bertz CT molecular complexity index is 1270. The molecular weight excluding hydrogens is 468 g/mol. The molecule has 4 amide bonds. The van der Waals surface area contributed by atoms with Gasteiger partial charge in [0, 0.05) is 10.6 Å². The highest BCUT2D eigenvalue weighted by atomic mass is 35.5. The monoisotopic (exact) mass is 490 g/mol. The number of imide groups is 2. The normalized spacial score (nSPS) is 14.7. The van der Waals surface area contributed by atoms with E-state index >= 15 is 0 Å². The molecule has 0 unspecified atom stereocenters. The van der Waals surface area contributed by atoms with Gasteiger partial charge < -0.3 is 9.47 Å². The number of amides is 4. The van der Waals surface area contributed by atoms with Crippen LogP contribution >= 0.6 is 11.6 Å². The van der Waals surface area contributed by atoms with Crippen molar-refractivity contribution >= 4 is 41.2 Å². The molecule has 35 heavy (non-hydrogen) atoms. The molecule has 1 fully saturated rings. The molecule has 0 aliphatic carbocycles. The molecule has 1 aliphatic rings. The molecule has 178 valence electrons. The molecule has 4 rings (SSSR count). The average molecular weight is 491 g/mol. The van der Waals surface area contributed by atoms with Crippen LogP contribution in [0.1, 0.15) is 24.5 Å². The van der Waals surface area contributed by atoms with E-state index in [4.69, 9.17) is 21.1 Å². The van der Waals surface area contributed by atoms with Crippen molar-refractivity contribution in [2.75, 3.05) is 11.5 Å². The molecule has 0 atom stereocenters. The lowest BCUT2D eigenvalue weighted by atomic mass is 10.1. The Hall–Kier alpha value is -4.10. The quantitative estimate of drug-likeness (QED) is 0.339. The van der Waals surface area contributed by atoms with Crippen LogP contribution in [0.4, 0.5) is 10.5 Å². The minimum atomic E-state index is -0.803. The number of hydrogen-bond donors (Lipinski definition) is 1. The van der Waals surface area contributed by atoms with Gasteiger partial charge in [-0.1, -0.05) is 48.9 Å². The molecule has 8 heteroatoms. The van der Waals surface area contributed by atoms with Gasteiger partial charge in [-0.3, -0.25) is 14.9 Å². The van der Waals surface area contributed by atoms with Gasteiger partial charge in [0.15, 0.2) is 0 Å². The number of carbonyl (C=O) groups excluding carboxylic acids is 3. The highest BCUT2D eigenvalue weighted by molar-refractivity contribution is 6.39. The van der Waals surface area contributed by atoms with Crippen LogP contribution < -0.4 is 19.7 Å². The van der Waals surface area contributed by atoms with Gasteiger partial charge in [0.2, 0.25) is 0 Å². The first-order valence-electron chi connectivity index (χ1n) is 11.1. The summed E-state index contributed by atoms with van der Waals surface area (Å²) >= 11 is 6.15. The number of barbiturate groups is 1. The second-order valence-corrected chi connectivity index (χ2v) is 8.16. The van der Waals surface area contributed by atoms with Crippen molar-refractivity contribution in [3.8, 4) is 11.5 Å². The lowest BCUT2D eigenvalue weighted by Crippen LogP contribution is -2.54. The SMILES string of the molecule is CCCOc1ccc(N2C(=O)NC(=O)/C(=C/c3ccc(OCc4ccccc4Cl)cc3)C2=O)cc1. The molecular formula is C27H23ClN2O5. The zero-order valence-corrected chi connectivity index (χ0v) is 19.7. The van der Waals surface area contributed by atoms with Gasteiger partial charge in [-0.25, -0.2) is 9.69 Å². The van der Waals surface area contributed by atoms with E-state index in [0.717, 1.165) is 16.9 Å². The number of benzene rings is 3. The largest absolute Gasteiger partial charge is 0.494 e. The molecule has 3 aromatic carbocycles. The number of carbonyl (C=O) groups is 3. The average Bonchev–Trinajstić information content (AvgIpc) is 2.86. The first-order chi connectivity index (χ1) is 17.0. The fourth-order valence-electron chi connectivity index (χ4n) is 3.41. The van der Waals surface area contributed by atoms with Crippen molar-refractivity contribution in [3.05, 3.63) is 94.5 Å². The number of anilines is 1. The fraction of sp³-hybridized carbons (Fsp3) is 0.148. The minimum Gasteiger partial charge on any atom is -0.494 e. The summed E-state index contributed by atoms with van der Waals surface area (Å²) in [5.41, 5.74) is 1.64. The van der Waals surface area contributed by atoms with E-state index in [1.54, 1.807) is 54.6 Å². The highest BCUT2D eigenvalue weighted by Crippen LogP contribution is 2.25. The van der Waals surface area contributed by atoms with E-state index in [0.29, 0.717) is 41.0 Å². The van der Waals surface area contributed by atoms with Crippen LogP contribution in [0.2, 0.25) is 5.02 Å². The third kappa shape index (κ3) is 5.70. The molecule has 0 spiro atoms. The van der Waals surface area contributed by atoms with E-state index < -0.39 is 17.8 Å². The standard InChI is InChI=1S/C27H23ClN2O5/c1-2-15-34-21-13-9-20(10-14-21)30-26(32)23(25(31)29-27(30)33)16-18-7-11-22(12-8-18)35-17-19-5-3-4-6-24(19)28/h3-14,16H,2,15,17H2,1H3,(H,29,31,33)/b23-16-. The Morgan fingerprint density at radius 1 is 0.886 bits per heavy atom. The molecule has 0 saturated carbocycles. The first kappa shape index (κ1) is 24.0. The van der Waals surface area contributed by atoms with Crippen molar-refractivity contribution in [1.82, 2.24) is 5.32 Å². The summed E-state index contributed by atoms with van der Waals surface area (Å²) in [5.74, 6) is -0.226. The Morgan fingerprint density at radius 3 is 2.23 bits per heavy atom. The molecule has 0 bridgehead atoms. The zero-order valence-electron chi connectivity index (χ0n) is 19.0. The third-order valence-corrected chi connectivity index (χ3v) is 5.58. The summed E-state index contributed by atoms with van der Waals surface area (Å²) in [6, 6.07) is 20.0. The van der Waals surface area contributed by atoms with Crippen LogP contribution in [0.5, 0.6) is 11.5 Å². The van der Waals surface area contributed by atoms with Gasteiger partial charge in [-0.2, -0.15) is 0 Å². The van der Waals surface area contributed by atoms with Gasteiger partial charge in [0.1, 0.15) is 23.7 Å². The van der Waals surface area contributed by atoms with Crippen LogP contribution in [0.15, 0.2) is 78.4 Å². The number of urea groups is 1. The molecule has 1 aliphatic heterocycles. The predicted octanol–water partition coefficient (Wildman–Crippen LogP) is 5.37. The molecule has 3 aromatic rings.